The lowest BCUT2D eigenvalue weighted by Gasteiger charge is -2.26. The maximum absolute atomic E-state index is 11.6. The van der Waals surface area contributed by atoms with Gasteiger partial charge < -0.3 is 20.1 Å². The summed E-state index contributed by atoms with van der Waals surface area (Å²) >= 11 is 0. The predicted molar refractivity (Wildman–Crippen MR) is 101 cm³/mol. The molecule has 2 N–H and O–H groups in total. The fourth-order valence-electron chi connectivity index (χ4n) is 3.39. The summed E-state index contributed by atoms with van der Waals surface area (Å²) in [5.74, 6) is 1.24. The molecule has 9 heteroatoms. The molecule has 0 radical (unpaired) electrons. The number of nitrogens with zero attached hydrogens (tertiary/aromatic N) is 4. The van der Waals surface area contributed by atoms with E-state index in [1.54, 1.807) is 23.5 Å². The predicted octanol–water partition coefficient (Wildman–Crippen LogP) is 1.81. The van der Waals surface area contributed by atoms with E-state index in [9.17, 15) is 9.59 Å². The number of carbonyl (C=O) groups excluding carboxylic acids is 2. The molecule has 2 aliphatic rings. The zero-order chi connectivity index (χ0) is 19.5. The van der Waals surface area contributed by atoms with E-state index in [4.69, 9.17) is 15.2 Å². The number of nitrogens with two attached hydrogens (primary N) is 1. The van der Waals surface area contributed by atoms with Gasteiger partial charge in [0.15, 0.2) is 0 Å². The molecule has 2 aromatic rings. The Hall–Kier alpha value is -3.36. The number of rotatable bonds is 5. The van der Waals surface area contributed by atoms with Crippen molar-refractivity contribution in [2.75, 3.05) is 37.7 Å². The third kappa shape index (κ3) is 3.68. The Morgan fingerprint density at radius 3 is 2.86 bits per heavy atom. The number of amides is 3. The van der Waals surface area contributed by atoms with Crippen molar-refractivity contribution in [2.45, 2.75) is 12.8 Å². The normalized spacial score (nSPS) is 15.9. The Morgan fingerprint density at radius 2 is 2.07 bits per heavy atom. The van der Waals surface area contributed by atoms with Crippen molar-refractivity contribution < 1.29 is 19.1 Å². The van der Waals surface area contributed by atoms with Crippen molar-refractivity contribution in [3.05, 3.63) is 36.3 Å². The van der Waals surface area contributed by atoms with Crippen LogP contribution in [0.25, 0.3) is 11.1 Å². The number of hydrogen-bond donors (Lipinski definition) is 1. The van der Waals surface area contributed by atoms with Crippen molar-refractivity contribution in [3.8, 4) is 16.9 Å². The highest BCUT2D eigenvalue weighted by Crippen LogP contribution is 2.30. The summed E-state index contributed by atoms with van der Waals surface area (Å²) in [5, 5.41) is 0. The summed E-state index contributed by atoms with van der Waals surface area (Å²) in [5.41, 5.74) is 8.19. The maximum Gasteiger partial charge on any atom is 0.410 e. The molecule has 0 bridgehead atoms. The van der Waals surface area contributed by atoms with Gasteiger partial charge in [-0.25, -0.2) is 14.6 Å². The van der Waals surface area contributed by atoms with Crippen LogP contribution in [0, 0.1) is 0 Å². The van der Waals surface area contributed by atoms with E-state index >= 15 is 0 Å². The van der Waals surface area contributed by atoms with Crippen LogP contribution in [0.2, 0.25) is 0 Å². The molecular weight excluding hydrogens is 362 g/mol. The smallest absolute Gasteiger partial charge is 0.410 e. The van der Waals surface area contributed by atoms with E-state index < -0.39 is 6.03 Å². The lowest BCUT2D eigenvalue weighted by atomic mass is 10.0. The van der Waals surface area contributed by atoms with E-state index in [0.717, 1.165) is 29.5 Å². The van der Waals surface area contributed by atoms with Gasteiger partial charge in [-0.3, -0.25) is 9.88 Å². The number of aromatic nitrogens is 2. The largest absolute Gasteiger partial charge is 0.490 e. The average Bonchev–Trinajstić information content (AvgIpc) is 3.12. The number of cyclic esters (lactones) is 1. The lowest BCUT2D eigenvalue weighted by molar-refractivity contribution is 0.153. The first-order valence-corrected chi connectivity index (χ1v) is 9.17. The summed E-state index contributed by atoms with van der Waals surface area (Å²) in [4.78, 5) is 34.8. The van der Waals surface area contributed by atoms with Gasteiger partial charge in [0.25, 0.3) is 0 Å². The summed E-state index contributed by atoms with van der Waals surface area (Å²) in [7, 11) is 0. The SMILES string of the molecule is NC(=O)N1CCCc2cc(-c3cncc(OCCN4CCOC4=O)c3)cnc21. The monoisotopic (exact) mass is 383 g/mol. The molecule has 4 rings (SSSR count). The number of primary amides is 1. The first kappa shape index (κ1) is 18.0. The number of carbonyl (C=O) groups is 2. The fourth-order valence-corrected chi connectivity index (χ4v) is 3.39. The Balaban J connectivity index is 1.47. The maximum atomic E-state index is 11.6. The number of anilines is 1. The molecule has 0 unspecified atom stereocenters. The Bertz CT molecular complexity index is 904. The number of urea groups is 1. The molecule has 0 aliphatic carbocycles. The number of fused-ring (bicyclic) bond motifs is 1. The summed E-state index contributed by atoms with van der Waals surface area (Å²) in [6, 6.07) is 3.41. The number of ether oxygens (including phenoxy) is 2. The summed E-state index contributed by atoms with van der Waals surface area (Å²) in [6.45, 7) is 2.42. The first-order valence-electron chi connectivity index (χ1n) is 9.17. The molecule has 1 saturated heterocycles. The minimum absolute atomic E-state index is 0.305. The first-order chi connectivity index (χ1) is 13.6. The Labute approximate surface area is 162 Å². The second kappa shape index (κ2) is 7.71. The van der Waals surface area contributed by atoms with Crippen molar-refractivity contribution in [3.63, 3.8) is 0 Å². The molecule has 28 heavy (non-hydrogen) atoms. The van der Waals surface area contributed by atoms with Crippen molar-refractivity contribution in [1.29, 1.82) is 0 Å². The van der Waals surface area contributed by atoms with Gasteiger partial charge in [-0.15, -0.1) is 0 Å². The van der Waals surface area contributed by atoms with Crippen LogP contribution in [0.15, 0.2) is 30.7 Å². The number of pyridine rings is 2. The highest BCUT2D eigenvalue weighted by atomic mass is 16.6. The Kier molecular flexibility index (Phi) is 4.96. The fraction of sp³-hybridized carbons (Fsp3) is 0.368. The summed E-state index contributed by atoms with van der Waals surface area (Å²) in [6.07, 6.45) is 6.47. The van der Waals surface area contributed by atoms with Crippen LogP contribution in [0.3, 0.4) is 0 Å². The third-order valence-electron chi connectivity index (χ3n) is 4.81. The zero-order valence-electron chi connectivity index (χ0n) is 15.3. The second-order valence-electron chi connectivity index (χ2n) is 6.66. The number of aryl methyl sites for hydroxylation is 1. The van der Waals surface area contributed by atoms with Crippen LogP contribution in [0.5, 0.6) is 5.75 Å². The molecule has 2 aromatic heterocycles. The van der Waals surface area contributed by atoms with Crippen molar-refractivity contribution >= 4 is 17.9 Å². The van der Waals surface area contributed by atoms with Crippen LogP contribution in [-0.2, 0) is 11.2 Å². The highest BCUT2D eigenvalue weighted by Gasteiger charge is 2.23. The molecule has 1 fully saturated rings. The van der Waals surface area contributed by atoms with Crippen LogP contribution < -0.4 is 15.4 Å². The molecule has 3 amide bonds. The van der Waals surface area contributed by atoms with E-state index in [2.05, 4.69) is 9.97 Å². The standard InChI is InChI=1S/C19H21N5O4/c20-18(25)24-3-1-2-13-8-14(11-22-17(13)24)15-9-16(12-21-10-15)27-6-4-23-5-7-28-19(23)26/h8-12H,1-7H2,(H2,20,25). The Morgan fingerprint density at radius 1 is 1.21 bits per heavy atom. The van der Waals surface area contributed by atoms with E-state index in [0.29, 0.717) is 44.4 Å². The van der Waals surface area contributed by atoms with Gasteiger partial charge in [0.05, 0.1) is 19.3 Å². The van der Waals surface area contributed by atoms with Gasteiger partial charge >= 0.3 is 12.1 Å². The lowest BCUT2D eigenvalue weighted by Crippen LogP contribution is -2.40. The van der Waals surface area contributed by atoms with Gasteiger partial charge in [-0.05, 0) is 30.5 Å². The van der Waals surface area contributed by atoms with Crippen molar-refractivity contribution in [1.82, 2.24) is 14.9 Å². The molecule has 0 aromatic carbocycles. The van der Waals surface area contributed by atoms with Crippen LogP contribution in [0.4, 0.5) is 15.4 Å². The molecule has 4 heterocycles. The minimum Gasteiger partial charge on any atom is -0.490 e. The summed E-state index contributed by atoms with van der Waals surface area (Å²) < 4.78 is 10.6. The van der Waals surface area contributed by atoms with Gasteiger partial charge in [0, 0.05) is 30.1 Å². The van der Waals surface area contributed by atoms with Crippen LogP contribution in [-0.4, -0.2) is 59.8 Å². The van der Waals surface area contributed by atoms with E-state index in [1.165, 1.54) is 4.90 Å². The van der Waals surface area contributed by atoms with Gasteiger partial charge in [-0.1, -0.05) is 0 Å². The molecule has 0 spiro atoms. The molecule has 0 saturated carbocycles. The van der Waals surface area contributed by atoms with Crippen LogP contribution in [0.1, 0.15) is 12.0 Å². The van der Waals surface area contributed by atoms with E-state index in [1.807, 2.05) is 12.1 Å². The van der Waals surface area contributed by atoms with Gasteiger partial charge in [0.1, 0.15) is 24.8 Å². The third-order valence-corrected chi connectivity index (χ3v) is 4.81. The zero-order valence-corrected chi connectivity index (χ0v) is 15.3. The quantitative estimate of drug-likeness (QED) is 0.843. The van der Waals surface area contributed by atoms with Gasteiger partial charge in [0.2, 0.25) is 0 Å². The molecule has 2 aliphatic heterocycles. The molecule has 9 nitrogen and oxygen atoms in total. The number of hydrogen-bond acceptors (Lipinski definition) is 6. The topological polar surface area (TPSA) is 111 Å². The van der Waals surface area contributed by atoms with Crippen LogP contribution >= 0.6 is 0 Å². The molecular formula is C19H21N5O4. The highest BCUT2D eigenvalue weighted by molar-refractivity contribution is 5.91. The van der Waals surface area contributed by atoms with Crippen molar-refractivity contribution in [2.24, 2.45) is 5.73 Å². The van der Waals surface area contributed by atoms with E-state index in [-0.39, 0.29) is 6.09 Å². The molecule has 146 valence electrons. The average molecular weight is 383 g/mol. The molecule has 0 atom stereocenters. The van der Waals surface area contributed by atoms with Gasteiger partial charge in [-0.2, -0.15) is 0 Å². The second-order valence-corrected chi connectivity index (χ2v) is 6.66. The minimum atomic E-state index is -0.486.